The Hall–Kier alpha value is -1.35. The molecule has 1 unspecified atom stereocenters. The molecule has 0 N–H and O–H groups in total. The molecule has 0 spiro atoms. The average molecular weight is 264 g/mol. The first-order valence-corrected chi connectivity index (χ1v) is 6.74. The van der Waals surface area contributed by atoms with Gasteiger partial charge >= 0.3 is 5.97 Å². The van der Waals surface area contributed by atoms with Gasteiger partial charge in [-0.3, -0.25) is 4.79 Å². The largest absolute Gasteiger partial charge is 0.461 e. The maximum Gasteiger partial charge on any atom is 0.306 e. The van der Waals surface area contributed by atoms with Crippen molar-refractivity contribution in [3.8, 4) is 0 Å². The molecule has 3 nitrogen and oxygen atoms in total. The Kier molecular flexibility index (Phi) is 6.03. The number of carbonyl (C=O) groups is 1. The number of hydrogen-bond acceptors (Lipinski definition) is 3. The quantitative estimate of drug-likeness (QED) is 0.735. The van der Waals surface area contributed by atoms with Crippen LogP contribution in [0.3, 0.4) is 0 Å². The van der Waals surface area contributed by atoms with Gasteiger partial charge < -0.3 is 9.47 Å². The highest BCUT2D eigenvalue weighted by atomic mass is 16.5. The normalized spacial score (nSPS) is 13.1. The molecule has 0 aliphatic carbocycles. The first-order chi connectivity index (χ1) is 8.87. The maximum absolute atomic E-state index is 11.6. The van der Waals surface area contributed by atoms with Crippen molar-refractivity contribution in [3.05, 3.63) is 35.9 Å². The highest BCUT2D eigenvalue weighted by Crippen LogP contribution is 2.14. The van der Waals surface area contributed by atoms with Gasteiger partial charge in [0.05, 0.1) is 11.7 Å². The highest BCUT2D eigenvalue weighted by Gasteiger charge is 2.16. The topological polar surface area (TPSA) is 35.5 Å². The minimum Gasteiger partial charge on any atom is -0.461 e. The van der Waals surface area contributed by atoms with E-state index in [1.165, 1.54) is 0 Å². The van der Waals surface area contributed by atoms with Crippen LogP contribution in [0.25, 0.3) is 0 Å². The number of ether oxygens (including phenoxy) is 2. The van der Waals surface area contributed by atoms with E-state index in [0.717, 1.165) is 5.56 Å². The number of carbonyl (C=O) groups excluding carboxylic acids is 1. The third-order valence-electron chi connectivity index (χ3n) is 2.55. The molecule has 0 aromatic heterocycles. The van der Waals surface area contributed by atoms with Crippen LogP contribution in [0.4, 0.5) is 0 Å². The smallest absolute Gasteiger partial charge is 0.306 e. The van der Waals surface area contributed by atoms with Gasteiger partial charge in [0.2, 0.25) is 0 Å². The molecule has 0 amide bonds. The molecule has 1 aromatic carbocycles. The summed E-state index contributed by atoms with van der Waals surface area (Å²) < 4.78 is 11.0. The van der Waals surface area contributed by atoms with E-state index in [2.05, 4.69) is 0 Å². The van der Waals surface area contributed by atoms with E-state index >= 15 is 0 Å². The van der Waals surface area contributed by atoms with Gasteiger partial charge in [-0.2, -0.15) is 0 Å². The molecule has 0 radical (unpaired) electrons. The Labute approximate surface area is 115 Å². The minimum absolute atomic E-state index is 0.0595. The summed E-state index contributed by atoms with van der Waals surface area (Å²) in [5, 5.41) is 0. The molecule has 0 saturated heterocycles. The van der Waals surface area contributed by atoms with Gasteiger partial charge in [-0.1, -0.05) is 30.3 Å². The van der Waals surface area contributed by atoms with Crippen LogP contribution in [-0.2, 0) is 20.9 Å². The molecule has 0 bridgehead atoms. The molecule has 0 fully saturated rings. The Bertz CT molecular complexity index is 379. The summed E-state index contributed by atoms with van der Waals surface area (Å²) in [6.45, 7) is 8.36. The zero-order chi connectivity index (χ0) is 14.3. The van der Waals surface area contributed by atoms with Crippen LogP contribution < -0.4 is 0 Å². The highest BCUT2D eigenvalue weighted by molar-refractivity contribution is 5.69. The number of hydrogen-bond donors (Lipinski definition) is 0. The minimum atomic E-state index is -0.173. The Balaban J connectivity index is 2.21. The van der Waals surface area contributed by atoms with Gasteiger partial charge in [0.25, 0.3) is 0 Å². The Morgan fingerprint density at radius 3 is 2.42 bits per heavy atom. The lowest BCUT2D eigenvalue weighted by Gasteiger charge is -2.24. The number of benzene rings is 1. The van der Waals surface area contributed by atoms with E-state index in [1.54, 1.807) is 0 Å². The fourth-order valence-corrected chi connectivity index (χ4v) is 1.79. The molecule has 1 rings (SSSR count). The molecule has 0 heterocycles. The molecule has 3 heteroatoms. The van der Waals surface area contributed by atoms with E-state index in [0.29, 0.717) is 19.4 Å². The Morgan fingerprint density at radius 1 is 1.21 bits per heavy atom. The van der Waals surface area contributed by atoms with Crippen molar-refractivity contribution in [2.75, 3.05) is 0 Å². The van der Waals surface area contributed by atoms with Crippen molar-refractivity contribution >= 4 is 5.97 Å². The van der Waals surface area contributed by atoms with Crippen LogP contribution in [0.1, 0.15) is 46.1 Å². The molecular weight excluding hydrogens is 240 g/mol. The first kappa shape index (κ1) is 15.7. The summed E-state index contributed by atoms with van der Waals surface area (Å²) in [5.41, 5.74) is 0.836. The summed E-state index contributed by atoms with van der Waals surface area (Å²) in [7, 11) is 0. The van der Waals surface area contributed by atoms with E-state index in [-0.39, 0.29) is 17.7 Å². The molecule has 1 aromatic rings. The second kappa shape index (κ2) is 7.29. The van der Waals surface area contributed by atoms with Gasteiger partial charge in [0, 0.05) is 6.42 Å². The SMILES string of the molecule is CC(CCC(=O)OCc1ccccc1)OC(C)(C)C. The van der Waals surface area contributed by atoms with Gasteiger partial charge in [0.1, 0.15) is 6.61 Å². The summed E-state index contributed by atoms with van der Waals surface area (Å²) >= 11 is 0. The fourth-order valence-electron chi connectivity index (χ4n) is 1.79. The Morgan fingerprint density at radius 2 is 1.84 bits per heavy atom. The molecular formula is C16H24O3. The second-order valence-corrected chi connectivity index (χ2v) is 5.73. The monoisotopic (exact) mass is 264 g/mol. The lowest BCUT2D eigenvalue weighted by molar-refractivity contribution is -0.146. The predicted octanol–water partition coefficient (Wildman–Crippen LogP) is 3.71. The van der Waals surface area contributed by atoms with E-state index < -0.39 is 0 Å². The summed E-state index contributed by atoms with van der Waals surface area (Å²) in [5.74, 6) is -0.173. The predicted molar refractivity (Wildman–Crippen MR) is 75.8 cm³/mol. The number of rotatable bonds is 6. The van der Waals surface area contributed by atoms with E-state index in [1.807, 2.05) is 58.0 Å². The van der Waals surface area contributed by atoms with Crippen LogP contribution >= 0.6 is 0 Å². The van der Waals surface area contributed by atoms with Crippen LogP contribution in [0.15, 0.2) is 30.3 Å². The standard InChI is InChI=1S/C16H24O3/c1-13(19-16(2,3)4)10-11-15(17)18-12-14-8-6-5-7-9-14/h5-9,13H,10-12H2,1-4H3. The summed E-state index contributed by atoms with van der Waals surface area (Å²) in [6, 6.07) is 9.69. The zero-order valence-electron chi connectivity index (χ0n) is 12.3. The molecule has 0 aliphatic heterocycles. The molecule has 0 aliphatic rings. The van der Waals surface area contributed by atoms with E-state index in [9.17, 15) is 4.79 Å². The van der Waals surface area contributed by atoms with Crippen LogP contribution in [0, 0.1) is 0 Å². The fraction of sp³-hybridized carbons (Fsp3) is 0.562. The first-order valence-electron chi connectivity index (χ1n) is 6.74. The third kappa shape index (κ3) is 7.62. The maximum atomic E-state index is 11.6. The van der Waals surface area contributed by atoms with Crippen molar-refractivity contribution in [3.63, 3.8) is 0 Å². The van der Waals surface area contributed by atoms with Crippen LogP contribution in [-0.4, -0.2) is 17.7 Å². The van der Waals surface area contributed by atoms with Gasteiger partial charge in [-0.25, -0.2) is 0 Å². The van der Waals surface area contributed by atoms with Gasteiger partial charge in [-0.15, -0.1) is 0 Å². The second-order valence-electron chi connectivity index (χ2n) is 5.73. The molecule has 19 heavy (non-hydrogen) atoms. The summed E-state index contributed by atoms with van der Waals surface area (Å²) in [6.07, 6.45) is 1.14. The zero-order valence-corrected chi connectivity index (χ0v) is 12.3. The number of esters is 1. The molecule has 106 valence electrons. The lowest BCUT2D eigenvalue weighted by atomic mass is 10.1. The van der Waals surface area contributed by atoms with Gasteiger partial charge in [-0.05, 0) is 39.7 Å². The van der Waals surface area contributed by atoms with Gasteiger partial charge in [0.15, 0.2) is 0 Å². The van der Waals surface area contributed by atoms with Crippen molar-refractivity contribution in [1.29, 1.82) is 0 Å². The van der Waals surface area contributed by atoms with Crippen molar-refractivity contribution in [2.45, 2.75) is 58.8 Å². The summed E-state index contributed by atoms with van der Waals surface area (Å²) in [4.78, 5) is 11.6. The third-order valence-corrected chi connectivity index (χ3v) is 2.55. The van der Waals surface area contributed by atoms with Crippen LogP contribution in [0.5, 0.6) is 0 Å². The van der Waals surface area contributed by atoms with Crippen molar-refractivity contribution < 1.29 is 14.3 Å². The molecule has 1 atom stereocenters. The van der Waals surface area contributed by atoms with Crippen molar-refractivity contribution in [2.24, 2.45) is 0 Å². The van der Waals surface area contributed by atoms with Crippen molar-refractivity contribution in [1.82, 2.24) is 0 Å². The average Bonchev–Trinajstić information content (AvgIpc) is 2.33. The lowest BCUT2D eigenvalue weighted by Crippen LogP contribution is -2.26. The molecule has 0 saturated carbocycles. The van der Waals surface area contributed by atoms with E-state index in [4.69, 9.17) is 9.47 Å². The van der Waals surface area contributed by atoms with Crippen LogP contribution in [0.2, 0.25) is 0 Å².